The van der Waals surface area contributed by atoms with E-state index in [1.807, 2.05) is 0 Å². The number of carbonyl (C=O) groups is 2. The smallest absolute Gasteiger partial charge is 0.261 e. The number of ether oxygens (including phenoxy) is 1. The van der Waals surface area contributed by atoms with Gasteiger partial charge in [0.2, 0.25) is 0 Å². The molecule has 1 fully saturated rings. The molecular formula is C19H16N4O5S. The number of carbonyl (C=O) groups excluding carboxylic acids is 2. The first kappa shape index (κ1) is 17.8. The lowest BCUT2D eigenvalue weighted by Crippen LogP contribution is -2.19. The van der Waals surface area contributed by atoms with E-state index < -0.39 is 21.8 Å². The lowest BCUT2D eigenvalue weighted by atomic mass is 10.1. The number of aromatic nitrogens is 2. The lowest BCUT2D eigenvalue weighted by molar-refractivity contribution is 0.0879. The molecule has 2 aliphatic rings. The van der Waals surface area contributed by atoms with Crippen LogP contribution in [-0.2, 0) is 14.8 Å². The Hall–Kier alpha value is -3.24. The maximum absolute atomic E-state index is 12.8. The standard InChI is InChI=1S/C19H16N4O5S/c24-18-12-5-4-11(9-13(12)19(25)22-18)29(26,27)23-10-3-6-14-15(8-10)21-17(20-14)16-2-1-7-28-16/h3-6,8-9,16,23H,1-2,7H2,(H,20,21)(H,22,24,25). The summed E-state index contributed by atoms with van der Waals surface area (Å²) in [5, 5.41) is 2.14. The average molecular weight is 412 g/mol. The largest absolute Gasteiger partial charge is 0.370 e. The van der Waals surface area contributed by atoms with Crippen molar-refractivity contribution in [3.8, 4) is 0 Å². The van der Waals surface area contributed by atoms with Crippen molar-refractivity contribution in [3.05, 3.63) is 53.3 Å². The third-order valence-electron chi connectivity index (χ3n) is 5.00. The van der Waals surface area contributed by atoms with Gasteiger partial charge in [0.25, 0.3) is 21.8 Å². The Morgan fingerprint density at radius 3 is 2.69 bits per heavy atom. The molecule has 5 rings (SSSR count). The number of H-pyrrole nitrogens is 1. The summed E-state index contributed by atoms with van der Waals surface area (Å²) in [4.78, 5) is 31.0. The molecule has 1 unspecified atom stereocenters. The molecule has 9 nitrogen and oxygen atoms in total. The van der Waals surface area contributed by atoms with Crippen molar-refractivity contribution in [2.24, 2.45) is 0 Å². The molecule has 29 heavy (non-hydrogen) atoms. The minimum atomic E-state index is -3.95. The zero-order valence-corrected chi connectivity index (χ0v) is 15.9. The zero-order valence-electron chi connectivity index (χ0n) is 15.1. The summed E-state index contributed by atoms with van der Waals surface area (Å²) < 4.78 is 33.7. The van der Waals surface area contributed by atoms with Crippen LogP contribution in [0, 0.1) is 0 Å². The number of nitrogens with one attached hydrogen (secondary N) is 3. The van der Waals surface area contributed by atoms with Crippen molar-refractivity contribution in [1.29, 1.82) is 0 Å². The molecule has 3 N–H and O–H groups in total. The first-order valence-corrected chi connectivity index (χ1v) is 10.5. The fourth-order valence-corrected chi connectivity index (χ4v) is 4.64. The highest BCUT2D eigenvalue weighted by Crippen LogP contribution is 2.29. The molecule has 0 aliphatic carbocycles. The Morgan fingerprint density at radius 1 is 1.07 bits per heavy atom. The van der Waals surface area contributed by atoms with Crippen LogP contribution in [0.25, 0.3) is 11.0 Å². The van der Waals surface area contributed by atoms with E-state index in [1.165, 1.54) is 18.2 Å². The second kappa shape index (κ2) is 6.39. The number of aromatic amines is 1. The van der Waals surface area contributed by atoms with Gasteiger partial charge >= 0.3 is 0 Å². The highest BCUT2D eigenvalue weighted by Gasteiger charge is 2.29. The van der Waals surface area contributed by atoms with Gasteiger partial charge in [0, 0.05) is 6.61 Å². The van der Waals surface area contributed by atoms with E-state index in [9.17, 15) is 18.0 Å². The Bertz CT molecular complexity index is 1270. The van der Waals surface area contributed by atoms with Crippen LogP contribution in [0.2, 0.25) is 0 Å². The third-order valence-corrected chi connectivity index (χ3v) is 6.38. The summed E-state index contributed by atoms with van der Waals surface area (Å²) in [7, 11) is -3.95. The molecule has 0 spiro atoms. The van der Waals surface area contributed by atoms with Crippen LogP contribution in [0.1, 0.15) is 45.5 Å². The molecule has 0 saturated carbocycles. The number of anilines is 1. The monoisotopic (exact) mass is 412 g/mol. The highest BCUT2D eigenvalue weighted by molar-refractivity contribution is 7.92. The molecule has 2 amide bonds. The third kappa shape index (κ3) is 3.06. The highest BCUT2D eigenvalue weighted by atomic mass is 32.2. The van der Waals surface area contributed by atoms with E-state index in [4.69, 9.17) is 4.74 Å². The molecule has 2 aliphatic heterocycles. The average Bonchev–Trinajstić information content (AvgIpc) is 3.41. The quantitative estimate of drug-likeness (QED) is 0.563. The van der Waals surface area contributed by atoms with Gasteiger partial charge in [-0.1, -0.05) is 0 Å². The summed E-state index contributed by atoms with van der Waals surface area (Å²) in [6.45, 7) is 0.706. The van der Waals surface area contributed by atoms with Gasteiger partial charge in [-0.15, -0.1) is 0 Å². The molecule has 148 valence electrons. The van der Waals surface area contributed by atoms with Gasteiger partial charge in [0.1, 0.15) is 11.9 Å². The number of fused-ring (bicyclic) bond motifs is 2. The second-order valence-corrected chi connectivity index (χ2v) is 8.63. The van der Waals surface area contributed by atoms with Crippen LogP contribution in [0.15, 0.2) is 41.3 Å². The maximum Gasteiger partial charge on any atom is 0.261 e. The van der Waals surface area contributed by atoms with Crippen molar-refractivity contribution in [3.63, 3.8) is 0 Å². The Morgan fingerprint density at radius 2 is 1.90 bits per heavy atom. The normalized spacial score (nSPS) is 18.8. The van der Waals surface area contributed by atoms with Crippen molar-refractivity contribution < 1.29 is 22.7 Å². The van der Waals surface area contributed by atoms with E-state index in [0.29, 0.717) is 23.3 Å². The molecule has 10 heteroatoms. The first-order valence-electron chi connectivity index (χ1n) is 9.04. The number of rotatable bonds is 4. The van der Waals surface area contributed by atoms with Crippen LogP contribution < -0.4 is 10.0 Å². The van der Waals surface area contributed by atoms with E-state index in [0.717, 1.165) is 18.7 Å². The predicted molar refractivity (Wildman–Crippen MR) is 103 cm³/mol. The van der Waals surface area contributed by atoms with Gasteiger partial charge in [-0.3, -0.25) is 19.6 Å². The number of hydrogen-bond acceptors (Lipinski definition) is 6. The van der Waals surface area contributed by atoms with Crippen LogP contribution in [0.4, 0.5) is 5.69 Å². The number of amides is 2. The molecule has 0 bridgehead atoms. The molecule has 1 atom stereocenters. The fourth-order valence-electron chi connectivity index (χ4n) is 3.57. The SMILES string of the molecule is O=C1NC(=O)c2cc(S(=O)(=O)Nc3ccc4nc(C5CCCO5)[nH]c4c3)ccc21. The summed E-state index contributed by atoms with van der Waals surface area (Å²) in [6.07, 6.45) is 1.81. The van der Waals surface area contributed by atoms with E-state index in [2.05, 4.69) is 20.0 Å². The van der Waals surface area contributed by atoms with Crippen molar-refractivity contribution >= 4 is 38.6 Å². The summed E-state index contributed by atoms with van der Waals surface area (Å²) >= 11 is 0. The van der Waals surface area contributed by atoms with E-state index >= 15 is 0 Å². The molecule has 0 radical (unpaired) electrons. The van der Waals surface area contributed by atoms with Crippen LogP contribution >= 0.6 is 0 Å². The van der Waals surface area contributed by atoms with Crippen LogP contribution in [0.5, 0.6) is 0 Å². The molecule has 2 aromatic carbocycles. The summed E-state index contributed by atoms with van der Waals surface area (Å²) in [5.74, 6) is -0.414. The number of sulfonamides is 1. The molecule has 3 aromatic rings. The van der Waals surface area contributed by atoms with Gasteiger partial charge in [-0.2, -0.15) is 0 Å². The zero-order chi connectivity index (χ0) is 20.2. The van der Waals surface area contributed by atoms with E-state index in [1.54, 1.807) is 18.2 Å². The van der Waals surface area contributed by atoms with Gasteiger partial charge < -0.3 is 9.72 Å². The Balaban J connectivity index is 1.44. The summed E-state index contributed by atoms with van der Waals surface area (Å²) in [5.41, 5.74) is 1.96. The number of nitrogens with zero attached hydrogens (tertiary/aromatic N) is 1. The Kier molecular flexibility index (Phi) is 3.93. The van der Waals surface area contributed by atoms with Crippen molar-refractivity contribution in [2.45, 2.75) is 23.8 Å². The topological polar surface area (TPSA) is 130 Å². The van der Waals surface area contributed by atoms with Crippen molar-refractivity contribution in [2.75, 3.05) is 11.3 Å². The lowest BCUT2D eigenvalue weighted by Gasteiger charge is -2.09. The molecule has 3 heterocycles. The van der Waals surface area contributed by atoms with E-state index in [-0.39, 0.29) is 22.1 Å². The van der Waals surface area contributed by atoms with Crippen LogP contribution in [-0.4, -0.2) is 36.8 Å². The molecule has 1 saturated heterocycles. The van der Waals surface area contributed by atoms with Gasteiger partial charge in [-0.05, 0) is 49.2 Å². The summed E-state index contributed by atoms with van der Waals surface area (Å²) in [6, 6.07) is 8.81. The first-order chi connectivity index (χ1) is 13.9. The minimum Gasteiger partial charge on any atom is -0.370 e. The number of imide groups is 1. The fraction of sp³-hybridized carbons (Fsp3) is 0.211. The number of imidazole rings is 1. The van der Waals surface area contributed by atoms with Crippen molar-refractivity contribution in [1.82, 2.24) is 15.3 Å². The van der Waals surface area contributed by atoms with Crippen LogP contribution in [0.3, 0.4) is 0 Å². The number of hydrogen-bond donors (Lipinski definition) is 3. The van der Waals surface area contributed by atoms with Gasteiger partial charge in [0.05, 0.1) is 32.7 Å². The molecular weight excluding hydrogens is 396 g/mol. The second-order valence-electron chi connectivity index (χ2n) is 6.95. The molecule has 1 aromatic heterocycles. The number of benzene rings is 2. The van der Waals surface area contributed by atoms with Gasteiger partial charge in [-0.25, -0.2) is 13.4 Å². The van der Waals surface area contributed by atoms with Gasteiger partial charge in [0.15, 0.2) is 0 Å². The maximum atomic E-state index is 12.8. The predicted octanol–water partition coefficient (Wildman–Crippen LogP) is 2.10. The minimum absolute atomic E-state index is 0.0445. The Labute approximate surface area is 165 Å².